The Morgan fingerprint density at radius 2 is 2.11 bits per heavy atom. The average Bonchev–Trinajstić information content (AvgIpc) is 3.57. The van der Waals surface area contributed by atoms with Crippen molar-refractivity contribution in [1.82, 2.24) is 14.1 Å². The van der Waals surface area contributed by atoms with Crippen LogP contribution in [-0.4, -0.2) is 40.1 Å². The molecule has 1 aromatic carbocycles. The number of allylic oxidation sites excluding steroid dienone is 4. The summed E-state index contributed by atoms with van der Waals surface area (Å²) in [6.07, 6.45) is 10.1. The summed E-state index contributed by atoms with van der Waals surface area (Å²) in [5, 5.41) is 3.06. The van der Waals surface area contributed by atoms with E-state index in [4.69, 9.17) is 4.74 Å². The lowest BCUT2D eigenvalue weighted by molar-refractivity contribution is 0.234. The zero-order chi connectivity index (χ0) is 27.6. The van der Waals surface area contributed by atoms with Crippen molar-refractivity contribution in [3.63, 3.8) is 0 Å². The smallest absolute Gasteiger partial charge is 0.355 e. The van der Waals surface area contributed by atoms with E-state index in [1.54, 1.807) is 32.4 Å². The van der Waals surface area contributed by atoms with E-state index in [1.807, 2.05) is 26.0 Å². The Morgan fingerprint density at radius 3 is 2.79 bits per heavy atom. The minimum atomic E-state index is -1.06. The van der Waals surface area contributed by atoms with Gasteiger partial charge in [-0.3, -0.25) is 9.56 Å². The number of benzene rings is 1. The van der Waals surface area contributed by atoms with Gasteiger partial charge in [0.25, 0.3) is 0 Å². The maximum Gasteiger partial charge on any atom is 0.355 e. The minimum absolute atomic E-state index is 0.0129. The third kappa shape index (κ3) is 5.22. The molecule has 38 heavy (non-hydrogen) atoms. The number of nitrogens with zero attached hydrogens (tertiary/aromatic N) is 4. The lowest BCUT2D eigenvalue weighted by Gasteiger charge is -2.21. The van der Waals surface area contributed by atoms with Crippen molar-refractivity contribution in [2.45, 2.75) is 51.7 Å². The fourth-order valence-electron chi connectivity index (χ4n) is 4.63. The van der Waals surface area contributed by atoms with Crippen LogP contribution in [0.3, 0.4) is 0 Å². The van der Waals surface area contributed by atoms with Crippen molar-refractivity contribution in [3.8, 4) is 0 Å². The molecule has 2 atom stereocenters. The second-order valence-electron chi connectivity index (χ2n) is 9.57. The summed E-state index contributed by atoms with van der Waals surface area (Å²) in [6.45, 7) is 9.28. The lowest BCUT2D eigenvalue weighted by atomic mass is 10.0. The lowest BCUT2D eigenvalue weighted by Crippen LogP contribution is -2.48. The fourth-order valence-corrected chi connectivity index (χ4v) is 4.63. The van der Waals surface area contributed by atoms with Gasteiger partial charge in [-0.2, -0.15) is 4.98 Å². The first-order chi connectivity index (χ1) is 18.1. The summed E-state index contributed by atoms with van der Waals surface area (Å²) in [5.74, 6) is -2.08. The molecule has 10 heteroatoms. The van der Waals surface area contributed by atoms with Gasteiger partial charge in [-0.15, -0.1) is 0 Å². The van der Waals surface area contributed by atoms with Crippen molar-refractivity contribution in [2.75, 3.05) is 19.0 Å². The molecule has 200 valence electrons. The normalized spacial score (nSPS) is 20.4. The van der Waals surface area contributed by atoms with Gasteiger partial charge < -0.3 is 10.1 Å². The largest absolute Gasteiger partial charge is 0.381 e. The van der Waals surface area contributed by atoms with Gasteiger partial charge in [0, 0.05) is 31.0 Å². The number of fused-ring (bicyclic) bond motifs is 1. The zero-order valence-corrected chi connectivity index (χ0v) is 21.9. The topological polar surface area (TPSA) is 90.5 Å². The molecular formula is C28H31F2N5O3. The molecule has 1 saturated carbocycles. The van der Waals surface area contributed by atoms with E-state index in [0.717, 1.165) is 16.2 Å². The van der Waals surface area contributed by atoms with Crippen LogP contribution in [0.25, 0.3) is 5.57 Å². The molecule has 2 heterocycles. The quantitative estimate of drug-likeness (QED) is 0.472. The van der Waals surface area contributed by atoms with Gasteiger partial charge in [0.05, 0.1) is 24.7 Å². The number of halogens is 2. The third-order valence-corrected chi connectivity index (χ3v) is 6.49. The molecule has 2 aliphatic rings. The number of rotatable bonds is 10. The highest BCUT2D eigenvalue weighted by molar-refractivity contribution is 5.80. The van der Waals surface area contributed by atoms with E-state index < -0.39 is 28.6 Å². The van der Waals surface area contributed by atoms with Gasteiger partial charge >= 0.3 is 11.4 Å². The van der Waals surface area contributed by atoms with Crippen LogP contribution < -0.4 is 16.7 Å². The first-order valence-corrected chi connectivity index (χ1v) is 12.3. The van der Waals surface area contributed by atoms with Crippen LogP contribution in [0.5, 0.6) is 0 Å². The van der Waals surface area contributed by atoms with Crippen molar-refractivity contribution in [1.29, 1.82) is 0 Å². The number of dihydropyridines is 1. The van der Waals surface area contributed by atoms with Crippen molar-refractivity contribution in [2.24, 2.45) is 4.99 Å². The molecule has 8 nitrogen and oxygen atoms in total. The summed E-state index contributed by atoms with van der Waals surface area (Å²) in [5.41, 5.74) is -0.146. The second-order valence-corrected chi connectivity index (χ2v) is 9.57. The first kappa shape index (κ1) is 27.1. The Labute approximate surface area is 219 Å². The Bertz CT molecular complexity index is 1520. The highest BCUT2D eigenvalue weighted by atomic mass is 19.2. The summed E-state index contributed by atoms with van der Waals surface area (Å²) < 4.78 is 36.3. The molecule has 0 amide bonds. The fraction of sp³-hybridized carbons (Fsp3) is 0.357. The third-order valence-electron chi connectivity index (χ3n) is 6.49. The molecule has 1 fully saturated rings. The number of aromatic nitrogens is 3. The Balaban J connectivity index is 1.88. The van der Waals surface area contributed by atoms with Crippen LogP contribution in [-0.2, 0) is 16.8 Å². The molecule has 1 N–H and O–H groups in total. The van der Waals surface area contributed by atoms with Crippen LogP contribution in [0, 0.1) is 11.6 Å². The molecule has 0 saturated heterocycles. The van der Waals surface area contributed by atoms with E-state index in [0.29, 0.717) is 36.3 Å². The highest BCUT2D eigenvalue weighted by Gasteiger charge is 2.57. The predicted molar refractivity (Wildman–Crippen MR) is 145 cm³/mol. The number of methoxy groups -OCH3 is 1. The van der Waals surface area contributed by atoms with Crippen molar-refractivity contribution in [3.05, 3.63) is 98.0 Å². The second kappa shape index (κ2) is 10.8. The maximum absolute atomic E-state index is 14.5. The molecule has 0 bridgehead atoms. The van der Waals surface area contributed by atoms with Crippen LogP contribution in [0.15, 0.2) is 68.9 Å². The minimum Gasteiger partial charge on any atom is -0.381 e. The first-order valence-electron chi connectivity index (χ1n) is 12.3. The molecule has 2 aromatic rings. The summed E-state index contributed by atoms with van der Waals surface area (Å²) >= 11 is 0. The number of anilines is 1. The van der Waals surface area contributed by atoms with Crippen LogP contribution >= 0.6 is 0 Å². The molecule has 0 spiro atoms. The Morgan fingerprint density at radius 1 is 1.34 bits per heavy atom. The molecule has 2 unspecified atom stereocenters. The van der Waals surface area contributed by atoms with Gasteiger partial charge in [-0.05, 0) is 55.2 Å². The van der Waals surface area contributed by atoms with Gasteiger partial charge in [-0.25, -0.2) is 22.9 Å². The molecule has 0 radical (unpaired) electrons. The van der Waals surface area contributed by atoms with Gasteiger partial charge in [0.2, 0.25) is 5.95 Å². The number of nitrogens with one attached hydrogen (secondary N) is 1. The molecular weight excluding hydrogens is 492 g/mol. The molecule has 1 aromatic heterocycles. The van der Waals surface area contributed by atoms with Crippen molar-refractivity contribution < 1.29 is 13.5 Å². The number of hydrogen-bond acceptors (Lipinski definition) is 6. The monoisotopic (exact) mass is 523 g/mol. The number of aliphatic imine (C=N–C) groups is 1. The zero-order valence-electron chi connectivity index (χ0n) is 21.9. The Hall–Kier alpha value is -3.92. The van der Waals surface area contributed by atoms with E-state index in [-0.39, 0.29) is 24.1 Å². The van der Waals surface area contributed by atoms with E-state index in [2.05, 4.69) is 21.9 Å². The number of hydrogen-bond donors (Lipinski definition) is 1. The summed E-state index contributed by atoms with van der Waals surface area (Å²) in [7, 11) is 1.57. The summed E-state index contributed by atoms with van der Waals surface area (Å²) in [6, 6.07) is 2.24. The molecule has 1 aliphatic heterocycles. The van der Waals surface area contributed by atoms with Crippen LogP contribution in [0.4, 0.5) is 14.7 Å². The van der Waals surface area contributed by atoms with Gasteiger partial charge in [0.15, 0.2) is 11.6 Å². The van der Waals surface area contributed by atoms with Gasteiger partial charge in [-0.1, -0.05) is 31.7 Å². The van der Waals surface area contributed by atoms with Crippen LogP contribution in [0.2, 0.25) is 0 Å². The highest BCUT2D eigenvalue weighted by Crippen LogP contribution is 2.48. The van der Waals surface area contributed by atoms with E-state index >= 15 is 0 Å². The summed E-state index contributed by atoms with van der Waals surface area (Å²) in [4.78, 5) is 35.9. The van der Waals surface area contributed by atoms with E-state index in [1.165, 1.54) is 10.6 Å². The van der Waals surface area contributed by atoms with Gasteiger partial charge in [0.1, 0.15) is 0 Å². The Kier molecular flexibility index (Phi) is 7.73. The predicted octanol–water partition coefficient (Wildman–Crippen LogP) is 4.17. The molecule has 1 aliphatic carbocycles. The van der Waals surface area contributed by atoms with Crippen molar-refractivity contribution >= 4 is 17.7 Å². The standard InChI is InChI=1S/C28H31F2N5O3/c1-6-8-20(9-7-10-38-5)32-25-33-26(36)35(28-13-18(4)15-31-23(28)14-28)27(37)34(25)16-19-11-21(17(2)3)24(30)22(29)12-19/h7-9,11-13,15,23H,2,6,10,14,16H2,1,3-5H3,(H,32,33,36)/b9-7?,20-8+. The maximum atomic E-state index is 14.5. The average molecular weight is 524 g/mol. The van der Waals surface area contributed by atoms with Crippen LogP contribution in [0.1, 0.15) is 44.7 Å². The van der Waals surface area contributed by atoms with E-state index in [9.17, 15) is 18.4 Å². The SMILES string of the molecule is C=C(C)c1cc(Cn2c(N/C(C=CCOC)=C/CC)nc(=O)n(C34C=C(C)C=NC3C4)c2=O)cc(F)c1F. The number of ether oxygens (including phenoxy) is 1. The molecule has 4 rings (SSSR count).